The number of benzene rings is 1. The number of hydrogen-bond acceptors (Lipinski definition) is 2. The standard InChI is InChI=1S/C13H17ClF3NO/c1-2-18-11(7-8-13(15,16)17)9-19-12-5-3-10(14)4-6-12/h3-6,11,18H,2,7-9H2,1H3. The third kappa shape index (κ3) is 7.28. The second kappa shape index (κ2) is 7.60. The maximum atomic E-state index is 12.2. The van der Waals surface area contributed by atoms with Crippen molar-refractivity contribution < 1.29 is 17.9 Å². The molecular weight excluding hydrogens is 279 g/mol. The van der Waals surface area contributed by atoms with Crippen molar-refractivity contribution in [1.29, 1.82) is 0 Å². The fourth-order valence-electron chi connectivity index (χ4n) is 1.60. The molecule has 0 aliphatic rings. The Hall–Kier alpha value is -0.940. The zero-order valence-corrected chi connectivity index (χ0v) is 11.4. The molecule has 1 unspecified atom stereocenters. The molecule has 0 radical (unpaired) electrons. The first-order valence-electron chi connectivity index (χ1n) is 6.09. The Kier molecular flexibility index (Phi) is 6.45. The molecule has 1 aromatic carbocycles. The predicted octanol–water partition coefficient (Wildman–Crippen LogP) is 4.04. The van der Waals surface area contributed by atoms with Gasteiger partial charge in [-0.05, 0) is 37.2 Å². The SMILES string of the molecule is CCNC(CCC(F)(F)F)COc1ccc(Cl)cc1. The Balaban J connectivity index is 2.42. The third-order valence-corrected chi connectivity index (χ3v) is 2.79. The fraction of sp³-hybridized carbons (Fsp3) is 0.538. The van der Waals surface area contributed by atoms with Gasteiger partial charge >= 0.3 is 6.18 Å². The molecule has 0 aliphatic carbocycles. The normalized spacial score (nSPS) is 13.3. The minimum absolute atomic E-state index is 0.00489. The van der Waals surface area contributed by atoms with Gasteiger partial charge in [0, 0.05) is 17.5 Å². The quantitative estimate of drug-likeness (QED) is 0.820. The number of nitrogens with one attached hydrogen (secondary N) is 1. The number of likely N-dealkylation sites (N-methyl/N-ethyl adjacent to an activating group) is 1. The first-order valence-corrected chi connectivity index (χ1v) is 6.47. The summed E-state index contributed by atoms with van der Waals surface area (Å²) >= 11 is 5.73. The van der Waals surface area contributed by atoms with Gasteiger partial charge in [0.05, 0.1) is 0 Å². The Morgan fingerprint density at radius 1 is 1.26 bits per heavy atom. The molecule has 1 atom stereocenters. The molecule has 0 saturated heterocycles. The summed E-state index contributed by atoms with van der Waals surface area (Å²) in [5, 5.41) is 3.58. The van der Waals surface area contributed by atoms with Gasteiger partial charge in [-0.1, -0.05) is 18.5 Å². The number of hydrogen-bond donors (Lipinski definition) is 1. The lowest BCUT2D eigenvalue weighted by Crippen LogP contribution is -2.35. The van der Waals surface area contributed by atoms with Gasteiger partial charge in [0.2, 0.25) is 0 Å². The van der Waals surface area contributed by atoms with E-state index in [1.807, 2.05) is 6.92 Å². The molecule has 0 fully saturated rings. The highest BCUT2D eigenvalue weighted by molar-refractivity contribution is 6.30. The van der Waals surface area contributed by atoms with Gasteiger partial charge < -0.3 is 10.1 Å². The van der Waals surface area contributed by atoms with E-state index in [0.717, 1.165) is 0 Å². The molecular formula is C13H17ClF3NO. The smallest absolute Gasteiger partial charge is 0.389 e. The molecule has 0 bridgehead atoms. The summed E-state index contributed by atoms with van der Waals surface area (Å²) in [6.45, 7) is 2.65. The van der Waals surface area contributed by atoms with Crippen LogP contribution in [0.3, 0.4) is 0 Å². The molecule has 0 amide bonds. The maximum absolute atomic E-state index is 12.2. The lowest BCUT2D eigenvalue weighted by molar-refractivity contribution is -0.137. The van der Waals surface area contributed by atoms with Crippen LogP contribution in [0.1, 0.15) is 19.8 Å². The van der Waals surface area contributed by atoms with Gasteiger partial charge in [0.25, 0.3) is 0 Å². The molecule has 0 saturated carbocycles. The highest BCUT2D eigenvalue weighted by Gasteiger charge is 2.28. The molecule has 0 aliphatic heterocycles. The van der Waals surface area contributed by atoms with Crippen molar-refractivity contribution in [2.75, 3.05) is 13.2 Å². The van der Waals surface area contributed by atoms with Crippen molar-refractivity contribution in [2.45, 2.75) is 32.0 Å². The van der Waals surface area contributed by atoms with Crippen LogP contribution in [-0.2, 0) is 0 Å². The van der Waals surface area contributed by atoms with Gasteiger partial charge in [0.1, 0.15) is 12.4 Å². The van der Waals surface area contributed by atoms with E-state index in [9.17, 15) is 13.2 Å². The van der Waals surface area contributed by atoms with Crippen LogP contribution < -0.4 is 10.1 Å². The molecule has 6 heteroatoms. The van der Waals surface area contributed by atoms with Gasteiger partial charge in [0.15, 0.2) is 0 Å². The number of alkyl halides is 3. The second-order valence-corrected chi connectivity index (χ2v) is 4.61. The zero-order chi connectivity index (χ0) is 14.3. The van der Waals surface area contributed by atoms with Crippen molar-refractivity contribution in [1.82, 2.24) is 5.32 Å². The molecule has 1 rings (SSSR count). The molecule has 1 aromatic rings. The van der Waals surface area contributed by atoms with Gasteiger partial charge in [-0.25, -0.2) is 0 Å². The van der Waals surface area contributed by atoms with E-state index in [-0.39, 0.29) is 19.1 Å². The van der Waals surface area contributed by atoms with E-state index in [4.69, 9.17) is 16.3 Å². The second-order valence-electron chi connectivity index (χ2n) is 4.17. The van der Waals surface area contributed by atoms with Crippen molar-refractivity contribution in [3.63, 3.8) is 0 Å². The Morgan fingerprint density at radius 2 is 1.89 bits per heavy atom. The number of rotatable bonds is 7. The van der Waals surface area contributed by atoms with Crippen LogP contribution in [-0.4, -0.2) is 25.4 Å². The molecule has 0 spiro atoms. The maximum Gasteiger partial charge on any atom is 0.389 e. The van der Waals surface area contributed by atoms with Gasteiger partial charge in [-0.15, -0.1) is 0 Å². The summed E-state index contributed by atoms with van der Waals surface area (Å²) in [4.78, 5) is 0. The Morgan fingerprint density at radius 3 is 2.42 bits per heavy atom. The van der Waals surface area contributed by atoms with Crippen molar-refractivity contribution in [2.24, 2.45) is 0 Å². The lowest BCUT2D eigenvalue weighted by Gasteiger charge is -2.19. The van der Waals surface area contributed by atoms with Crippen LogP contribution in [0.2, 0.25) is 5.02 Å². The number of ether oxygens (including phenoxy) is 1. The Labute approximate surface area is 115 Å². The van der Waals surface area contributed by atoms with E-state index in [2.05, 4.69) is 5.32 Å². The van der Waals surface area contributed by atoms with Crippen molar-refractivity contribution >= 4 is 11.6 Å². The van der Waals surface area contributed by atoms with Crippen LogP contribution in [0, 0.1) is 0 Å². The molecule has 0 aromatic heterocycles. The van der Waals surface area contributed by atoms with Crippen LogP contribution in [0.4, 0.5) is 13.2 Å². The number of halogens is 4. The third-order valence-electron chi connectivity index (χ3n) is 2.53. The molecule has 108 valence electrons. The average Bonchev–Trinajstić information content (AvgIpc) is 2.34. The molecule has 0 heterocycles. The Bertz CT molecular complexity index is 367. The minimum atomic E-state index is -4.13. The van der Waals surface area contributed by atoms with Crippen LogP contribution in [0.25, 0.3) is 0 Å². The van der Waals surface area contributed by atoms with E-state index < -0.39 is 12.6 Å². The molecule has 19 heavy (non-hydrogen) atoms. The first-order chi connectivity index (χ1) is 8.90. The van der Waals surface area contributed by atoms with Crippen LogP contribution in [0.5, 0.6) is 5.75 Å². The predicted molar refractivity (Wildman–Crippen MR) is 69.7 cm³/mol. The van der Waals surface area contributed by atoms with E-state index in [1.54, 1.807) is 24.3 Å². The lowest BCUT2D eigenvalue weighted by atomic mass is 10.1. The summed E-state index contributed by atoms with van der Waals surface area (Å²) in [7, 11) is 0. The van der Waals surface area contributed by atoms with Gasteiger partial charge in [-0.3, -0.25) is 0 Å². The van der Waals surface area contributed by atoms with Gasteiger partial charge in [-0.2, -0.15) is 13.2 Å². The van der Waals surface area contributed by atoms with E-state index in [1.165, 1.54) is 0 Å². The fourth-order valence-corrected chi connectivity index (χ4v) is 1.72. The first kappa shape index (κ1) is 16.1. The topological polar surface area (TPSA) is 21.3 Å². The largest absolute Gasteiger partial charge is 0.492 e. The monoisotopic (exact) mass is 295 g/mol. The summed E-state index contributed by atoms with van der Waals surface area (Å²) < 4.78 is 42.0. The highest BCUT2D eigenvalue weighted by atomic mass is 35.5. The van der Waals surface area contributed by atoms with E-state index >= 15 is 0 Å². The zero-order valence-electron chi connectivity index (χ0n) is 10.6. The summed E-state index contributed by atoms with van der Waals surface area (Å²) in [6, 6.07) is 6.41. The van der Waals surface area contributed by atoms with E-state index in [0.29, 0.717) is 17.3 Å². The summed E-state index contributed by atoms with van der Waals surface area (Å²) in [5.74, 6) is 0.597. The highest BCUT2D eigenvalue weighted by Crippen LogP contribution is 2.22. The molecule has 1 N–H and O–H groups in total. The summed E-state index contributed by atoms with van der Waals surface area (Å²) in [5.41, 5.74) is 0. The average molecular weight is 296 g/mol. The van der Waals surface area contributed by atoms with Crippen LogP contribution in [0.15, 0.2) is 24.3 Å². The minimum Gasteiger partial charge on any atom is -0.492 e. The van der Waals surface area contributed by atoms with Crippen molar-refractivity contribution in [3.8, 4) is 5.75 Å². The summed E-state index contributed by atoms with van der Waals surface area (Å²) in [6.07, 6.45) is -4.94. The molecule has 2 nitrogen and oxygen atoms in total. The van der Waals surface area contributed by atoms with Crippen LogP contribution >= 0.6 is 11.6 Å². The van der Waals surface area contributed by atoms with Crippen molar-refractivity contribution in [3.05, 3.63) is 29.3 Å².